The van der Waals surface area contributed by atoms with E-state index >= 15 is 0 Å². The highest BCUT2D eigenvalue weighted by Crippen LogP contribution is 2.06. The zero-order valence-corrected chi connectivity index (χ0v) is 6.33. The van der Waals surface area contributed by atoms with Crippen LogP contribution < -0.4 is 0 Å². The summed E-state index contributed by atoms with van der Waals surface area (Å²) in [4.78, 5) is 4.11. The lowest BCUT2D eigenvalue weighted by atomic mass is 10.1. The molecule has 0 amide bonds. The van der Waals surface area contributed by atoms with E-state index < -0.39 is 0 Å². The fourth-order valence-corrected chi connectivity index (χ4v) is 0.935. The molecule has 0 spiro atoms. The molecule has 0 aromatic carbocycles. The molecule has 0 aliphatic heterocycles. The molecular weight excluding hydrogens is 122 g/mol. The average Bonchev–Trinajstić information content (AvgIpc) is 2.04. The Hall–Kier alpha value is -1.11. The summed E-state index contributed by atoms with van der Waals surface area (Å²) in [7, 11) is 1.81. The highest BCUT2D eigenvalue weighted by Gasteiger charge is 1.98. The lowest BCUT2D eigenvalue weighted by molar-refractivity contribution is 1.43. The second kappa shape index (κ2) is 3.16. The Bertz CT molecular complexity index is 203. The van der Waals surface area contributed by atoms with Crippen LogP contribution in [0.25, 0.3) is 0 Å². The topological polar surface area (TPSA) is 12.4 Å². The van der Waals surface area contributed by atoms with Crippen LogP contribution in [0.2, 0.25) is 0 Å². The Morgan fingerprint density at radius 2 is 2.00 bits per heavy atom. The Balaban J connectivity index is 2.96. The summed E-state index contributed by atoms with van der Waals surface area (Å²) in [6.45, 7) is 2.02. The van der Waals surface area contributed by atoms with E-state index in [2.05, 4.69) is 17.1 Å². The van der Waals surface area contributed by atoms with Crippen molar-refractivity contribution in [1.82, 2.24) is 0 Å². The third-order valence-electron chi connectivity index (χ3n) is 1.49. The third-order valence-corrected chi connectivity index (χ3v) is 1.49. The van der Waals surface area contributed by atoms with Gasteiger partial charge in [-0.2, -0.15) is 0 Å². The van der Waals surface area contributed by atoms with Crippen molar-refractivity contribution in [3.8, 4) is 0 Å². The smallest absolute Gasteiger partial charge is 0.0639 e. The lowest BCUT2D eigenvalue weighted by Gasteiger charge is -2.03. The number of hydrogen-bond acceptors (Lipinski definition) is 1. The molecule has 0 fully saturated rings. The van der Waals surface area contributed by atoms with Crippen molar-refractivity contribution in [3.05, 3.63) is 36.0 Å². The number of hydrogen-bond donors (Lipinski definition) is 0. The first kappa shape index (κ1) is 7.00. The first-order valence-corrected chi connectivity index (χ1v) is 3.36. The van der Waals surface area contributed by atoms with E-state index in [1.807, 2.05) is 32.2 Å². The van der Waals surface area contributed by atoms with E-state index in [0.29, 0.717) is 0 Å². The zero-order valence-electron chi connectivity index (χ0n) is 6.33. The van der Waals surface area contributed by atoms with Crippen LogP contribution in [0.15, 0.2) is 40.9 Å². The summed E-state index contributed by atoms with van der Waals surface area (Å²) in [6, 6.07) is 0. The van der Waals surface area contributed by atoms with E-state index in [1.54, 1.807) is 0 Å². The summed E-state index contributed by atoms with van der Waals surface area (Å²) < 4.78 is 0. The monoisotopic (exact) mass is 133 g/mol. The van der Waals surface area contributed by atoms with Gasteiger partial charge in [-0.25, -0.2) is 0 Å². The molecule has 1 aliphatic carbocycles. The van der Waals surface area contributed by atoms with E-state index in [-0.39, 0.29) is 0 Å². The predicted molar refractivity (Wildman–Crippen MR) is 45.4 cm³/mol. The number of rotatable bonds is 0. The Morgan fingerprint density at radius 3 is 2.50 bits per heavy atom. The third kappa shape index (κ3) is 1.24. The number of nitrogens with zero attached hydrogens (tertiary/aromatic N) is 1. The van der Waals surface area contributed by atoms with Crippen LogP contribution in [-0.4, -0.2) is 12.8 Å². The predicted octanol–water partition coefficient (Wildman–Crippen LogP) is 2.13. The van der Waals surface area contributed by atoms with Gasteiger partial charge in [0.25, 0.3) is 0 Å². The van der Waals surface area contributed by atoms with Crippen molar-refractivity contribution in [1.29, 1.82) is 0 Å². The van der Waals surface area contributed by atoms with Crippen molar-refractivity contribution in [2.45, 2.75) is 6.92 Å². The van der Waals surface area contributed by atoms with Crippen LogP contribution in [0.3, 0.4) is 0 Å². The maximum atomic E-state index is 4.11. The number of allylic oxidation sites excluding steroid dienone is 6. The van der Waals surface area contributed by atoms with Crippen LogP contribution in [-0.2, 0) is 0 Å². The van der Waals surface area contributed by atoms with Gasteiger partial charge < -0.3 is 0 Å². The van der Waals surface area contributed by atoms with Crippen LogP contribution >= 0.6 is 0 Å². The normalized spacial score (nSPS) is 24.6. The van der Waals surface area contributed by atoms with Gasteiger partial charge in [0.2, 0.25) is 0 Å². The molecule has 0 saturated carbocycles. The van der Waals surface area contributed by atoms with E-state index in [1.165, 1.54) is 5.57 Å². The number of aliphatic imine (C=N–C) groups is 1. The van der Waals surface area contributed by atoms with Crippen LogP contribution in [0.5, 0.6) is 0 Å². The molecule has 0 heterocycles. The SMILES string of the molecule is C/C=C1/C=CC=CC1=NC. The summed E-state index contributed by atoms with van der Waals surface area (Å²) in [6.07, 6.45) is 10.1. The van der Waals surface area contributed by atoms with Crippen LogP contribution in [0.1, 0.15) is 6.92 Å². The largest absolute Gasteiger partial charge is 0.288 e. The molecular formula is C9H11N. The van der Waals surface area contributed by atoms with Gasteiger partial charge in [0.15, 0.2) is 0 Å². The molecule has 1 heteroatoms. The molecule has 0 unspecified atom stereocenters. The standard InChI is InChI=1S/C9H11N/c1-3-8-6-4-5-7-9(8)10-2/h3-7H,1-2H3/b8-3-,10-9?. The molecule has 0 aromatic rings. The van der Waals surface area contributed by atoms with Crippen LogP contribution in [0, 0.1) is 0 Å². The van der Waals surface area contributed by atoms with Crippen molar-refractivity contribution >= 4 is 5.71 Å². The first-order chi connectivity index (χ1) is 4.88. The lowest BCUT2D eigenvalue weighted by Crippen LogP contribution is -1.98. The van der Waals surface area contributed by atoms with Gasteiger partial charge in [-0.05, 0) is 18.6 Å². The fraction of sp³-hybridized carbons (Fsp3) is 0.222. The molecule has 0 saturated heterocycles. The molecule has 0 radical (unpaired) electrons. The van der Waals surface area contributed by atoms with Gasteiger partial charge in [-0.15, -0.1) is 0 Å². The highest BCUT2D eigenvalue weighted by atomic mass is 14.7. The highest BCUT2D eigenvalue weighted by molar-refractivity contribution is 6.11. The van der Waals surface area contributed by atoms with Crippen molar-refractivity contribution in [2.75, 3.05) is 7.05 Å². The molecule has 0 aromatic heterocycles. The van der Waals surface area contributed by atoms with E-state index in [0.717, 1.165) is 5.71 Å². The Morgan fingerprint density at radius 1 is 1.30 bits per heavy atom. The van der Waals surface area contributed by atoms with Gasteiger partial charge >= 0.3 is 0 Å². The Kier molecular flexibility index (Phi) is 2.21. The minimum Gasteiger partial charge on any atom is -0.288 e. The van der Waals surface area contributed by atoms with Crippen molar-refractivity contribution < 1.29 is 0 Å². The molecule has 52 valence electrons. The Labute approximate surface area is 61.5 Å². The minimum absolute atomic E-state index is 1.06. The second-order valence-electron chi connectivity index (χ2n) is 2.07. The molecule has 10 heavy (non-hydrogen) atoms. The van der Waals surface area contributed by atoms with Gasteiger partial charge in [0.1, 0.15) is 0 Å². The second-order valence-corrected chi connectivity index (χ2v) is 2.07. The summed E-state index contributed by atoms with van der Waals surface area (Å²) >= 11 is 0. The summed E-state index contributed by atoms with van der Waals surface area (Å²) in [5.41, 5.74) is 2.26. The molecule has 0 N–H and O–H groups in total. The maximum absolute atomic E-state index is 4.11. The summed E-state index contributed by atoms with van der Waals surface area (Å²) in [5, 5.41) is 0. The molecule has 0 bridgehead atoms. The minimum atomic E-state index is 1.06. The van der Waals surface area contributed by atoms with Crippen molar-refractivity contribution in [3.63, 3.8) is 0 Å². The van der Waals surface area contributed by atoms with E-state index in [4.69, 9.17) is 0 Å². The molecule has 1 rings (SSSR count). The fourth-order valence-electron chi connectivity index (χ4n) is 0.935. The quantitative estimate of drug-likeness (QED) is 0.480. The van der Waals surface area contributed by atoms with Gasteiger partial charge in [0, 0.05) is 7.05 Å². The maximum Gasteiger partial charge on any atom is 0.0639 e. The first-order valence-electron chi connectivity index (χ1n) is 3.36. The van der Waals surface area contributed by atoms with Crippen molar-refractivity contribution in [2.24, 2.45) is 4.99 Å². The van der Waals surface area contributed by atoms with Gasteiger partial charge in [-0.1, -0.05) is 24.3 Å². The van der Waals surface area contributed by atoms with E-state index in [9.17, 15) is 0 Å². The average molecular weight is 133 g/mol. The molecule has 1 nitrogen and oxygen atoms in total. The zero-order chi connectivity index (χ0) is 7.40. The molecule has 0 atom stereocenters. The van der Waals surface area contributed by atoms with Crippen LogP contribution in [0.4, 0.5) is 0 Å². The van der Waals surface area contributed by atoms with Gasteiger partial charge in [0.05, 0.1) is 5.71 Å². The van der Waals surface area contributed by atoms with Gasteiger partial charge in [-0.3, -0.25) is 4.99 Å². The molecule has 1 aliphatic rings. The summed E-state index contributed by atoms with van der Waals surface area (Å²) in [5.74, 6) is 0.